The van der Waals surface area contributed by atoms with Gasteiger partial charge in [0.1, 0.15) is 7.05 Å². The number of aryl methyl sites for hydroxylation is 1. The maximum absolute atomic E-state index is 2.20. The highest BCUT2D eigenvalue weighted by atomic mass is 14.9. The van der Waals surface area contributed by atoms with Gasteiger partial charge in [-0.05, 0) is 12.0 Å². The highest BCUT2D eigenvalue weighted by Crippen LogP contribution is 2.09. The van der Waals surface area contributed by atoms with Crippen LogP contribution < -0.4 is 4.57 Å². The minimum absolute atomic E-state index is 0.632. The Hall–Kier alpha value is -0.850. The molecule has 1 heteroatoms. The molecule has 0 saturated carbocycles. The first-order chi connectivity index (χ1) is 4.70. The Morgan fingerprint density at radius 2 is 2.10 bits per heavy atom. The molecular weight excluding hydrogens is 122 g/mol. The summed E-state index contributed by atoms with van der Waals surface area (Å²) in [6.45, 7) is 4.41. The van der Waals surface area contributed by atoms with Crippen molar-refractivity contribution < 1.29 is 4.57 Å². The van der Waals surface area contributed by atoms with Gasteiger partial charge in [-0.25, -0.2) is 4.57 Å². The van der Waals surface area contributed by atoms with Crippen LogP contribution in [0.25, 0.3) is 0 Å². The van der Waals surface area contributed by atoms with Gasteiger partial charge >= 0.3 is 0 Å². The second kappa shape index (κ2) is 2.82. The largest absolute Gasteiger partial charge is 0.208 e. The van der Waals surface area contributed by atoms with Gasteiger partial charge in [-0.2, -0.15) is 0 Å². The van der Waals surface area contributed by atoms with E-state index >= 15 is 0 Å². The van der Waals surface area contributed by atoms with Crippen molar-refractivity contribution in [3.8, 4) is 0 Å². The number of hydrogen-bond acceptors (Lipinski definition) is 0. The summed E-state index contributed by atoms with van der Waals surface area (Å²) < 4.78 is 2.08. The molecule has 0 aliphatic carbocycles. The van der Waals surface area contributed by atoms with E-state index in [2.05, 4.69) is 36.7 Å². The number of aromatic nitrogens is 1. The van der Waals surface area contributed by atoms with E-state index in [0.29, 0.717) is 5.92 Å². The maximum atomic E-state index is 2.20. The molecule has 0 saturated heterocycles. The summed E-state index contributed by atoms with van der Waals surface area (Å²) in [5.74, 6) is 0.632. The first-order valence-electron chi connectivity index (χ1n) is 3.65. The second-order valence-corrected chi connectivity index (χ2v) is 2.96. The van der Waals surface area contributed by atoms with E-state index in [0.717, 1.165) is 0 Å². The molecule has 1 heterocycles. The molecular formula is C9H14N+. The van der Waals surface area contributed by atoms with Crippen molar-refractivity contribution in [2.24, 2.45) is 7.05 Å². The highest BCUT2D eigenvalue weighted by Gasteiger charge is 2.00. The third kappa shape index (κ3) is 1.56. The predicted octanol–water partition coefficient (Wildman–Crippen LogP) is 1.63. The van der Waals surface area contributed by atoms with Crippen LogP contribution in [0.1, 0.15) is 25.3 Å². The molecule has 1 aromatic rings. The van der Waals surface area contributed by atoms with Crippen LogP contribution >= 0.6 is 0 Å². The summed E-state index contributed by atoms with van der Waals surface area (Å²) in [5, 5.41) is 0. The lowest BCUT2D eigenvalue weighted by Gasteiger charge is -2.00. The van der Waals surface area contributed by atoms with Gasteiger partial charge < -0.3 is 0 Å². The monoisotopic (exact) mass is 136 g/mol. The average molecular weight is 136 g/mol. The van der Waals surface area contributed by atoms with Gasteiger partial charge in [0.25, 0.3) is 0 Å². The molecule has 0 amide bonds. The number of rotatable bonds is 1. The summed E-state index contributed by atoms with van der Waals surface area (Å²) in [6.07, 6.45) is 4.20. The van der Waals surface area contributed by atoms with Crippen molar-refractivity contribution in [3.05, 3.63) is 30.1 Å². The zero-order valence-electron chi connectivity index (χ0n) is 6.83. The third-order valence-corrected chi connectivity index (χ3v) is 1.63. The number of hydrogen-bond donors (Lipinski definition) is 0. The summed E-state index contributed by atoms with van der Waals surface area (Å²) in [6, 6.07) is 4.24. The minimum Gasteiger partial charge on any atom is -0.208 e. The lowest BCUT2D eigenvalue weighted by Crippen LogP contribution is -2.27. The molecule has 0 atom stereocenters. The van der Waals surface area contributed by atoms with Gasteiger partial charge in [0.2, 0.25) is 0 Å². The summed E-state index contributed by atoms with van der Waals surface area (Å²) in [4.78, 5) is 0. The first-order valence-corrected chi connectivity index (χ1v) is 3.65. The summed E-state index contributed by atoms with van der Waals surface area (Å²) >= 11 is 0. The van der Waals surface area contributed by atoms with Crippen molar-refractivity contribution in [1.29, 1.82) is 0 Å². The van der Waals surface area contributed by atoms with E-state index in [-0.39, 0.29) is 0 Å². The van der Waals surface area contributed by atoms with Gasteiger partial charge in [-0.1, -0.05) is 13.8 Å². The van der Waals surface area contributed by atoms with Gasteiger partial charge in [-0.3, -0.25) is 0 Å². The second-order valence-electron chi connectivity index (χ2n) is 2.96. The summed E-state index contributed by atoms with van der Waals surface area (Å²) in [5.41, 5.74) is 1.39. The fourth-order valence-corrected chi connectivity index (χ4v) is 0.953. The average Bonchev–Trinajstić information content (AvgIpc) is 1.88. The van der Waals surface area contributed by atoms with Crippen LogP contribution in [0.4, 0.5) is 0 Å². The van der Waals surface area contributed by atoms with Crippen molar-refractivity contribution >= 4 is 0 Å². The van der Waals surface area contributed by atoms with E-state index in [4.69, 9.17) is 0 Å². The zero-order valence-corrected chi connectivity index (χ0v) is 6.83. The molecule has 1 rings (SSSR count). The molecule has 10 heavy (non-hydrogen) atoms. The van der Waals surface area contributed by atoms with Crippen LogP contribution in [-0.2, 0) is 7.05 Å². The number of nitrogens with zero attached hydrogens (tertiary/aromatic N) is 1. The Kier molecular flexibility index (Phi) is 2.05. The van der Waals surface area contributed by atoms with E-state index in [1.165, 1.54) is 5.56 Å². The lowest BCUT2D eigenvalue weighted by molar-refractivity contribution is -0.672. The van der Waals surface area contributed by atoms with E-state index in [9.17, 15) is 0 Å². The molecule has 0 fully saturated rings. The SMILES string of the molecule is CC(C)c1ccc[n+](C)c1. The van der Waals surface area contributed by atoms with E-state index in [1.54, 1.807) is 0 Å². The molecule has 0 aliphatic rings. The molecule has 0 bridgehead atoms. The molecule has 0 radical (unpaired) electrons. The Labute approximate surface area is 62.3 Å². The van der Waals surface area contributed by atoms with Gasteiger partial charge in [0.05, 0.1) is 0 Å². The first kappa shape index (κ1) is 7.26. The van der Waals surface area contributed by atoms with Crippen LogP contribution in [-0.4, -0.2) is 0 Å². The standard InChI is InChI=1S/C9H14N/c1-8(2)9-5-4-6-10(3)7-9/h4-8H,1-3H3/q+1. The fraction of sp³-hybridized carbons (Fsp3) is 0.444. The Morgan fingerprint density at radius 1 is 1.40 bits per heavy atom. The Morgan fingerprint density at radius 3 is 2.50 bits per heavy atom. The van der Waals surface area contributed by atoms with E-state index < -0.39 is 0 Å². The van der Waals surface area contributed by atoms with Gasteiger partial charge in [-0.15, -0.1) is 0 Å². The third-order valence-electron chi connectivity index (χ3n) is 1.63. The van der Waals surface area contributed by atoms with Crippen molar-refractivity contribution in [1.82, 2.24) is 0 Å². The van der Waals surface area contributed by atoms with Crippen LogP contribution in [0.15, 0.2) is 24.5 Å². The Balaban J connectivity index is 2.96. The molecule has 0 aliphatic heterocycles. The van der Waals surface area contributed by atoms with Crippen LogP contribution in [0, 0.1) is 0 Å². The van der Waals surface area contributed by atoms with Gasteiger partial charge in [0, 0.05) is 11.6 Å². The fourth-order valence-electron chi connectivity index (χ4n) is 0.953. The molecule has 0 spiro atoms. The molecule has 0 aromatic carbocycles. The minimum atomic E-state index is 0.632. The molecule has 1 nitrogen and oxygen atoms in total. The molecule has 54 valence electrons. The topological polar surface area (TPSA) is 3.88 Å². The van der Waals surface area contributed by atoms with Crippen molar-refractivity contribution in [2.45, 2.75) is 19.8 Å². The molecule has 1 aromatic heterocycles. The lowest BCUT2D eigenvalue weighted by atomic mass is 10.1. The zero-order chi connectivity index (χ0) is 7.56. The number of pyridine rings is 1. The Bertz CT molecular complexity index is 216. The van der Waals surface area contributed by atoms with Crippen LogP contribution in [0.3, 0.4) is 0 Å². The summed E-state index contributed by atoms with van der Waals surface area (Å²) in [7, 11) is 2.05. The van der Waals surface area contributed by atoms with Crippen LogP contribution in [0.2, 0.25) is 0 Å². The predicted molar refractivity (Wildman–Crippen MR) is 41.7 cm³/mol. The molecule has 0 N–H and O–H groups in total. The van der Waals surface area contributed by atoms with Gasteiger partial charge in [0.15, 0.2) is 12.4 Å². The quantitative estimate of drug-likeness (QED) is 0.517. The van der Waals surface area contributed by atoms with E-state index in [1.807, 2.05) is 13.2 Å². The maximum Gasteiger partial charge on any atom is 0.171 e. The normalized spacial score (nSPS) is 10.4. The van der Waals surface area contributed by atoms with Crippen LogP contribution in [0.5, 0.6) is 0 Å². The molecule has 0 unspecified atom stereocenters. The van der Waals surface area contributed by atoms with Crippen molar-refractivity contribution in [2.75, 3.05) is 0 Å². The smallest absolute Gasteiger partial charge is 0.171 e. The highest BCUT2D eigenvalue weighted by molar-refractivity contribution is 5.09. The van der Waals surface area contributed by atoms with Crippen molar-refractivity contribution in [3.63, 3.8) is 0 Å².